The fraction of sp³-hybridized carbons (Fsp3) is 0.143. The number of aliphatic hydroxyl groups excluding tert-OH is 1. The number of ketones is 2. The Bertz CT molecular complexity index is 731. The van der Waals surface area contributed by atoms with Crippen molar-refractivity contribution in [3.05, 3.63) is 45.7 Å². The van der Waals surface area contributed by atoms with Crippen molar-refractivity contribution in [2.24, 2.45) is 7.05 Å². The molecule has 19 heavy (non-hydrogen) atoms. The minimum absolute atomic E-state index is 0.172. The van der Waals surface area contributed by atoms with Crippen LogP contribution in [0.2, 0.25) is 0 Å². The first kappa shape index (κ1) is 12.3. The first-order valence-electron chi connectivity index (χ1n) is 5.73. The summed E-state index contributed by atoms with van der Waals surface area (Å²) in [5, 5.41) is 9.30. The molecule has 0 radical (unpaired) electrons. The number of Topliss-reactive ketones (excluding diaryl/α,β-unsaturated/α-hetero) is 2. The highest BCUT2D eigenvalue weighted by molar-refractivity contribution is 9.10. The third-order valence-electron chi connectivity index (χ3n) is 3.43. The van der Waals surface area contributed by atoms with E-state index in [0.29, 0.717) is 22.5 Å². The molecule has 1 aliphatic rings. The van der Waals surface area contributed by atoms with Crippen LogP contribution in [0.25, 0.3) is 11.1 Å². The molecule has 1 aromatic heterocycles. The number of aliphatic hydroxyl groups is 1. The maximum Gasteiger partial charge on any atom is 0.250 e. The van der Waals surface area contributed by atoms with Crippen molar-refractivity contribution in [1.29, 1.82) is 0 Å². The lowest BCUT2D eigenvalue weighted by Gasteiger charge is -2.16. The first-order chi connectivity index (χ1) is 9.04. The fourth-order valence-corrected chi connectivity index (χ4v) is 2.82. The third-order valence-corrected chi connectivity index (χ3v) is 3.93. The second-order valence-corrected chi connectivity index (χ2v) is 5.38. The van der Waals surface area contributed by atoms with Crippen molar-refractivity contribution < 1.29 is 14.7 Å². The van der Waals surface area contributed by atoms with Crippen molar-refractivity contribution >= 4 is 27.5 Å². The highest BCUT2D eigenvalue weighted by Gasteiger charge is 2.33. The van der Waals surface area contributed by atoms with Crippen LogP contribution in [0.3, 0.4) is 0 Å². The van der Waals surface area contributed by atoms with Crippen molar-refractivity contribution in [2.75, 3.05) is 0 Å². The van der Waals surface area contributed by atoms with E-state index in [1.165, 1.54) is 0 Å². The van der Waals surface area contributed by atoms with Crippen molar-refractivity contribution in [3.63, 3.8) is 0 Å². The molecule has 0 saturated carbocycles. The van der Waals surface area contributed by atoms with Gasteiger partial charge < -0.3 is 9.67 Å². The van der Waals surface area contributed by atoms with E-state index in [0.717, 1.165) is 10.0 Å². The lowest BCUT2D eigenvalue weighted by molar-refractivity contribution is 0.0810. The molecule has 0 fully saturated rings. The van der Waals surface area contributed by atoms with Gasteiger partial charge in [-0.05, 0) is 29.8 Å². The molecule has 5 heteroatoms. The van der Waals surface area contributed by atoms with E-state index >= 15 is 0 Å². The van der Waals surface area contributed by atoms with Crippen molar-refractivity contribution in [1.82, 2.24) is 4.57 Å². The molecule has 0 atom stereocenters. The molecule has 0 bridgehead atoms. The zero-order chi connectivity index (χ0) is 13.7. The quantitative estimate of drug-likeness (QED) is 0.821. The number of nitrogens with zero attached hydrogens (tertiary/aromatic N) is 1. The Morgan fingerprint density at radius 1 is 1.11 bits per heavy atom. The predicted octanol–water partition coefficient (Wildman–Crippen LogP) is 2.33. The van der Waals surface area contributed by atoms with Gasteiger partial charge in [0.05, 0.1) is 6.61 Å². The molecule has 1 N–H and O–H groups in total. The molecule has 0 saturated heterocycles. The predicted molar refractivity (Wildman–Crippen MR) is 73.1 cm³/mol. The number of benzene rings is 1. The van der Waals surface area contributed by atoms with E-state index in [1.807, 2.05) is 6.07 Å². The number of carbonyl (C=O) groups excluding carboxylic acids is 2. The number of fused-ring (bicyclic) bond motifs is 3. The van der Waals surface area contributed by atoms with Crippen LogP contribution in [0.4, 0.5) is 0 Å². The van der Waals surface area contributed by atoms with Gasteiger partial charge in [-0.15, -0.1) is 0 Å². The smallest absolute Gasteiger partial charge is 0.250 e. The van der Waals surface area contributed by atoms with Gasteiger partial charge in [0.25, 0.3) is 0 Å². The lowest BCUT2D eigenvalue weighted by Crippen LogP contribution is -2.23. The van der Waals surface area contributed by atoms with E-state index < -0.39 is 11.6 Å². The number of carbonyl (C=O) groups is 2. The van der Waals surface area contributed by atoms with Gasteiger partial charge in [0.2, 0.25) is 11.6 Å². The van der Waals surface area contributed by atoms with Crippen LogP contribution in [0, 0.1) is 0 Å². The van der Waals surface area contributed by atoms with Gasteiger partial charge in [-0.2, -0.15) is 0 Å². The van der Waals surface area contributed by atoms with Crippen LogP contribution < -0.4 is 0 Å². The van der Waals surface area contributed by atoms with Gasteiger partial charge in [-0.3, -0.25) is 9.59 Å². The second-order valence-electron chi connectivity index (χ2n) is 4.46. The fourth-order valence-electron chi connectivity index (χ4n) is 2.45. The average Bonchev–Trinajstić information content (AvgIpc) is 2.73. The molecule has 1 aliphatic carbocycles. The summed E-state index contributed by atoms with van der Waals surface area (Å²) < 4.78 is 2.42. The molecule has 2 aromatic rings. The van der Waals surface area contributed by atoms with Crippen LogP contribution in [-0.2, 0) is 13.7 Å². The largest absolute Gasteiger partial charge is 0.390 e. The molecule has 1 aromatic carbocycles. The summed E-state index contributed by atoms with van der Waals surface area (Å²) >= 11 is 3.37. The Labute approximate surface area is 117 Å². The highest BCUT2D eigenvalue weighted by Crippen LogP contribution is 2.36. The maximum absolute atomic E-state index is 12.2. The van der Waals surface area contributed by atoms with Crippen molar-refractivity contribution in [3.8, 4) is 11.1 Å². The highest BCUT2D eigenvalue weighted by atomic mass is 79.9. The van der Waals surface area contributed by atoms with E-state index in [2.05, 4.69) is 15.9 Å². The van der Waals surface area contributed by atoms with E-state index in [-0.39, 0.29) is 6.61 Å². The molecule has 0 spiro atoms. The molecular weight excluding hydrogens is 310 g/mol. The van der Waals surface area contributed by atoms with Crippen LogP contribution in [0.1, 0.15) is 26.5 Å². The normalized spacial score (nSPS) is 13.4. The summed E-state index contributed by atoms with van der Waals surface area (Å²) in [6, 6.07) is 6.96. The molecule has 96 valence electrons. The van der Waals surface area contributed by atoms with Gasteiger partial charge >= 0.3 is 0 Å². The standard InChI is InChI=1S/C14H10BrNO3/c1-16-8(6-17)5-11-10-4-7(15)2-3-9(10)13(18)14(19)12(11)16/h2-5,17H,6H2,1H3. The molecule has 3 rings (SSSR count). The Hall–Kier alpha value is -1.72. The summed E-state index contributed by atoms with van der Waals surface area (Å²) in [6.07, 6.45) is 0. The Kier molecular flexibility index (Phi) is 2.69. The minimum atomic E-state index is -0.521. The van der Waals surface area contributed by atoms with Crippen molar-refractivity contribution in [2.45, 2.75) is 6.61 Å². The van der Waals surface area contributed by atoms with Gasteiger partial charge in [-0.25, -0.2) is 0 Å². The number of hydrogen-bond acceptors (Lipinski definition) is 3. The summed E-state index contributed by atoms with van der Waals surface area (Å²) in [7, 11) is 1.68. The maximum atomic E-state index is 12.2. The zero-order valence-corrected chi connectivity index (χ0v) is 11.7. The SMILES string of the molecule is Cn1c(CO)cc2c1C(=O)C(=O)c1ccc(Br)cc1-2. The summed E-state index contributed by atoms with van der Waals surface area (Å²) in [5.74, 6) is -1.02. The van der Waals surface area contributed by atoms with Gasteiger partial charge in [0.1, 0.15) is 5.69 Å². The Morgan fingerprint density at radius 3 is 2.53 bits per heavy atom. The summed E-state index contributed by atoms with van der Waals surface area (Å²) in [6.45, 7) is -0.172. The summed E-state index contributed by atoms with van der Waals surface area (Å²) in [5.41, 5.74) is 2.80. The first-order valence-corrected chi connectivity index (χ1v) is 6.52. The molecule has 0 unspecified atom stereocenters. The van der Waals surface area contributed by atoms with Crippen LogP contribution in [-0.4, -0.2) is 21.2 Å². The third kappa shape index (κ3) is 1.62. The topological polar surface area (TPSA) is 59.3 Å². The Morgan fingerprint density at radius 2 is 1.84 bits per heavy atom. The molecule has 0 amide bonds. The van der Waals surface area contributed by atoms with E-state index in [9.17, 15) is 14.7 Å². The van der Waals surface area contributed by atoms with Gasteiger partial charge in [-0.1, -0.05) is 15.9 Å². The monoisotopic (exact) mass is 319 g/mol. The zero-order valence-electron chi connectivity index (χ0n) is 10.1. The van der Waals surface area contributed by atoms with Crippen LogP contribution >= 0.6 is 15.9 Å². The lowest BCUT2D eigenvalue weighted by atomic mass is 9.88. The number of hydrogen-bond donors (Lipinski definition) is 1. The van der Waals surface area contributed by atoms with Gasteiger partial charge in [0, 0.05) is 28.3 Å². The molecule has 0 aliphatic heterocycles. The number of rotatable bonds is 1. The van der Waals surface area contributed by atoms with E-state index in [4.69, 9.17) is 0 Å². The number of halogens is 1. The average molecular weight is 320 g/mol. The minimum Gasteiger partial charge on any atom is -0.390 e. The van der Waals surface area contributed by atoms with E-state index in [1.54, 1.807) is 29.8 Å². The second kappa shape index (κ2) is 4.15. The van der Waals surface area contributed by atoms with Gasteiger partial charge in [0.15, 0.2) is 0 Å². The number of aromatic nitrogens is 1. The van der Waals surface area contributed by atoms with Crippen LogP contribution in [0.15, 0.2) is 28.7 Å². The summed E-state index contributed by atoms with van der Waals surface area (Å²) in [4.78, 5) is 24.3. The Balaban J connectivity index is 2.39. The molecule has 4 nitrogen and oxygen atoms in total. The van der Waals surface area contributed by atoms with Crippen LogP contribution in [0.5, 0.6) is 0 Å². The molecule has 1 heterocycles. The molecular formula is C14H10BrNO3.